The second-order valence-electron chi connectivity index (χ2n) is 8.25. The molecule has 7 heteroatoms. The molecule has 1 amide bonds. The standard InChI is InChI=1S/C26H27N3O4/c1-18(2)33-21-11-9-20(10-12-21)24(30)22-23(19-7-4-3-5-8-19)29(26(32)25(22)31)15-6-14-28-16-13-27-17-28/h3-5,7-13,16-18,23,30H,6,14-15H2,1-2H3/b24-22+/t23-/m1/s1. The molecule has 7 nitrogen and oxygen atoms in total. The number of hydrogen-bond donors (Lipinski definition) is 1. The van der Waals surface area contributed by atoms with Crippen LogP contribution in [0.3, 0.4) is 0 Å². The topological polar surface area (TPSA) is 84.7 Å². The van der Waals surface area contributed by atoms with E-state index < -0.39 is 17.7 Å². The molecule has 0 bridgehead atoms. The lowest BCUT2D eigenvalue weighted by molar-refractivity contribution is -0.139. The van der Waals surface area contributed by atoms with E-state index in [0.29, 0.717) is 30.8 Å². The van der Waals surface area contributed by atoms with Gasteiger partial charge >= 0.3 is 0 Å². The molecule has 1 aliphatic rings. The van der Waals surface area contributed by atoms with E-state index >= 15 is 0 Å². The molecule has 1 atom stereocenters. The fraction of sp³-hybridized carbons (Fsp3) is 0.269. The van der Waals surface area contributed by atoms with Crippen molar-refractivity contribution in [3.8, 4) is 5.75 Å². The predicted octanol–water partition coefficient (Wildman–Crippen LogP) is 4.18. The van der Waals surface area contributed by atoms with Crippen molar-refractivity contribution in [1.29, 1.82) is 0 Å². The Hall–Kier alpha value is -3.87. The fourth-order valence-corrected chi connectivity index (χ4v) is 4.05. The fourth-order valence-electron chi connectivity index (χ4n) is 4.05. The van der Waals surface area contributed by atoms with Gasteiger partial charge in [-0.05, 0) is 50.1 Å². The summed E-state index contributed by atoms with van der Waals surface area (Å²) in [6.45, 7) is 4.91. The Bertz CT molecular complexity index is 1140. The molecule has 1 fully saturated rings. The molecule has 2 heterocycles. The number of hydrogen-bond acceptors (Lipinski definition) is 5. The average Bonchev–Trinajstić information content (AvgIpc) is 3.41. The molecule has 1 N–H and O–H groups in total. The van der Waals surface area contributed by atoms with Crippen LogP contribution in [0.1, 0.15) is 37.4 Å². The highest BCUT2D eigenvalue weighted by molar-refractivity contribution is 6.46. The number of aromatic nitrogens is 2. The number of Topliss-reactive ketones (excluding diaryl/α,β-unsaturated/α-hetero) is 1. The van der Waals surface area contributed by atoms with Gasteiger partial charge in [-0.25, -0.2) is 4.98 Å². The van der Waals surface area contributed by atoms with Gasteiger partial charge < -0.3 is 19.3 Å². The molecule has 0 radical (unpaired) electrons. The van der Waals surface area contributed by atoms with E-state index in [-0.39, 0.29) is 17.4 Å². The summed E-state index contributed by atoms with van der Waals surface area (Å²) in [7, 11) is 0. The van der Waals surface area contributed by atoms with Crippen molar-refractivity contribution in [2.75, 3.05) is 6.54 Å². The van der Waals surface area contributed by atoms with Crippen molar-refractivity contribution >= 4 is 17.4 Å². The van der Waals surface area contributed by atoms with Gasteiger partial charge in [0.15, 0.2) is 0 Å². The first-order valence-corrected chi connectivity index (χ1v) is 11.0. The normalized spacial score (nSPS) is 17.7. The number of carbonyl (C=O) groups excluding carboxylic acids is 2. The number of nitrogens with zero attached hydrogens (tertiary/aromatic N) is 3. The summed E-state index contributed by atoms with van der Waals surface area (Å²) >= 11 is 0. The van der Waals surface area contributed by atoms with E-state index in [2.05, 4.69) is 4.98 Å². The lowest BCUT2D eigenvalue weighted by Gasteiger charge is -2.25. The summed E-state index contributed by atoms with van der Waals surface area (Å²) in [5.41, 5.74) is 1.34. The molecule has 170 valence electrons. The third kappa shape index (κ3) is 4.82. The van der Waals surface area contributed by atoms with Gasteiger partial charge in [0.2, 0.25) is 0 Å². The van der Waals surface area contributed by atoms with Gasteiger partial charge in [0, 0.05) is 31.0 Å². The molecule has 1 aromatic heterocycles. The van der Waals surface area contributed by atoms with Crippen LogP contribution in [0, 0.1) is 0 Å². The Morgan fingerprint density at radius 1 is 1.06 bits per heavy atom. The van der Waals surface area contributed by atoms with E-state index in [1.165, 1.54) is 0 Å². The molecule has 0 aliphatic carbocycles. The zero-order valence-corrected chi connectivity index (χ0v) is 18.7. The molecule has 0 unspecified atom stereocenters. The Balaban J connectivity index is 1.67. The van der Waals surface area contributed by atoms with Crippen LogP contribution in [0.2, 0.25) is 0 Å². The van der Waals surface area contributed by atoms with Crippen molar-refractivity contribution in [3.05, 3.63) is 90.0 Å². The van der Waals surface area contributed by atoms with Gasteiger partial charge in [-0.2, -0.15) is 0 Å². The minimum atomic E-state index is -0.675. The first kappa shape index (κ1) is 22.3. The molecule has 2 aromatic carbocycles. The number of ether oxygens (including phenoxy) is 1. The molecule has 1 saturated heterocycles. The molecule has 0 saturated carbocycles. The summed E-state index contributed by atoms with van der Waals surface area (Å²) < 4.78 is 7.59. The van der Waals surface area contributed by atoms with Crippen molar-refractivity contribution in [2.24, 2.45) is 0 Å². The number of aliphatic hydroxyl groups is 1. The smallest absolute Gasteiger partial charge is 0.295 e. The number of ketones is 1. The van der Waals surface area contributed by atoms with E-state index in [9.17, 15) is 14.7 Å². The minimum Gasteiger partial charge on any atom is -0.507 e. The number of rotatable bonds is 8. The molecular formula is C26H27N3O4. The van der Waals surface area contributed by atoms with Crippen LogP contribution < -0.4 is 4.74 Å². The highest BCUT2D eigenvalue weighted by Crippen LogP contribution is 2.39. The lowest BCUT2D eigenvalue weighted by atomic mass is 9.95. The average molecular weight is 446 g/mol. The van der Waals surface area contributed by atoms with Gasteiger partial charge in [-0.15, -0.1) is 0 Å². The molecule has 4 rings (SSSR count). The van der Waals surface area contributed by atoms with Crippen LogP contribution >= 0.6 is 0 Å². The maximum absolute atomic E-state index is 13.1. The van der Waals surface area contributed by atoms with Gasteiger partial charge in [0.25, 0.3) is 11.7 Å². The third-order valence-electron chi connectivity index (χ3n) is 5.53. The van der Waals surface area contributed by atoms with Crippen molar-refractivity contribution in [3.63, 3.8) is 0 Å². The summed E-state index contributed by atoms with van der Waals surface area (Å²) in [5, 5.41) is 11.1. The highest BCUT2D eigenvalue weighted by atomic mass is 16.5. The van der Waals surface area contributed by atoms with Crippen LogP contribution in [0.15, 0.2) is 78.9 Å². The number of carbonyl (C=O) groups is 2. The molecule has 0 spiro atoms. The number of amides is 1. The second-order valence-corrected chi connectivity index (χ2v) is 8.25. The van der Waals surface area contributed by atoms with E-state index in [4.69, 9.17) is 4.74 Å². The third-order valence-corrected chi connectivity index (χ3v) is 5.53. The minimum absolute atomic E-state index is 0.0233. The lowest BCUT2D eigenvalue weighted by Crippen LogP contribution is -2.31. The summed E-state index contributed by atoms with van der Waals surface area (Å²) in [6, 6.07) is 15.6. The SMILES string of the molecule is CC(C)Oc1ccc(/C(O)=C2\C(=O)C(=O)N(CCCn3ccnc3)[C@@H]2c2ccccc2)cc1. The van der Waals surface area contributed by atoms with E-state index in [1.807, 2.05) is 54.9 Å². The van der Waals surface area contributed by atoms with Crippen LogP contribution in [-0.4, -0.2) is 43.9 Å². The maximum atomic E-state index is 13.1. The highest BCUT2D eigenvalue weighted by Gasteiger charge is 2.45. The first-order valence-electron chi connectivity index (χ1n) is 11.0. The van der Waals surface area contributed by atoms with Crippen LogP contribution in [0.4, 0.5) is 0 Å². The molecule has 33 heavy (non-hydrogen) atoms. The van der Waals surface area contributed by atoms with Crippen molar-refractivity contribution in [2.45, 2.75) is 39.0 Å². The number of imidazole rings is 1. The Morgan fingerprint density at radius 2 is 1.79 bits per heavy atom. The predicted molar refractivity (Wildman–Crippen MR) is 125 cm³/mol. The van der Waals surface area contributed by atoms with Crippen molar-refractivity contribution < 1.29 is 19.4 Å². The summed E-state index contributed by atoms with van der Waals surface area (Å²) in [5.74, 6) is -0.793. The summed E-state index contributed by atoms with van der Waals surface area (Å²) in [6.07, 6.45) is 5.95. The monoisotopic (exact) mass is 445 g/mol. The van der Waals surface area contributed by atoms with Gasteiger partial charge in [0.05, 0.1) is 24.0 Å². The zero-order valence-electron chi connectivity index (χ0n) is 18.7. The first-order chi connectivity index (χ1) is 16.0. The number of aryl methyl sites for hydroxylation is 1. The van der Waals surface area contributed by atoms with E-state index in [0.717, 1.165) is 5.56 Å². The van der Waals surface area contributed by atoms with Crippen LogP contribution in [0.5, 0.6) is 5.75 Å². The Labute approximate surface area is 192 Å². The summed E-state index contributed by atoms with van der Waals surface area (Å²) in [4.78, 5) is 31.6. The Kier molecular flexibility index (Phi) is 6.58. The largest absolute Gasteiger partial charge is 0.507 e. The van der Waals surface area contributed by atoms with Crippen molar-refractivity contribution in [1.82, 2.24) is 14.5 Å². The number of aliphatic hydroxyl groups excluding tert-OH is 1. The molecule has 1 aliphatic heterocycles. The second kappa shape index (κ2) is 9.73. The van der Waals surface area contributed by atoms with Gasteiger partial charge in [-0.1, -0.05) is 30.3 Å². The molecular weight excluding hydrogens is 418 g/mol. The van der Waals surface area contributed by atoms with Gasteiger partial charge in [0.1, 0.15) is 11.5 Å². The Morgan fingerprint density at radius 3 is 2.42 bits per heavy atom. The number of benzene rings is 2. The van der Waals surface area contributed by atoms with Gasteiger partial charge in [-0.3, -0.25) is 9.59 Å². The van der Waals surface area contributed by atoms with Crippen LogP contribution in [-0.2, 0) is 16.1 Å². The number of likely N-dealkylation sites (tertiary alicyclic amines) is 1. The maximum Gasteiger partial charge on any atom is 0.295 e. The van der Waals surface area contributed by atoms with E-state index in [1.54, 1.807) is 41.7 Å². The quantitative estimate of drug-likeness (QED) is 0.319. The van der Waals surface area contributed by atoms with Crippen LogP contribution in [0.25, 0.3) is 5.76 Å². The molecule has 3 aromatic rings. The zero-order chi connectivity index (χ0) is 23.4.